The third-order valence-corrected chi connectivity index (χ3v) is 2.05. The number of pyridine rings is 1. The lowest BCUT2D eigenvalue weighted by molar-refractivity contribution is -0.133. The van der Waals surface area contributed by atoms with E-state index in [0.717, 1.165) is 5.71 Å². The molecule has 0 radical (unpaired) electrons. The van der Waals surface area contributed by atoms with Crippen molar-refractivity contribution in [2.24, 2.45) is 5.16 Å². The molecule has 0 bridgehead atoms. The van der Waals surface area contributed by atoms with Crippen molar-refractivity contribution in [1.82, 2.24) is 4.98 Å². The van der Waals surface area contributed by atoms with E-state index in [4.69, 9.17) is 9.57 Å². The van der Waals surface area contributed by atoms with Gasteiger partial charge in [-0.25, -0.2) is 4.79 Å². The summed E-state index contributed by atoms with van der Waals surface area (Å²) in [5, 5.41) is 3.85. The molecule has 0 fully saturated rings. The summed E-state index contributed by atoms with van der Waals surface area (Å²) in [6, 6.07) is 3.41. The lowest BCUT2D eigenvalue weighted by Gasteiger charge is -2.08. The van der Waals surface area contributed by atoms with Crippen molar-refractivity contribution in [1.29, 1.82) is 0 Å². The van der Waals surface area contributed by atoms with E-state index in [9.17, 15) is 4.79 Å². The first-order valence-electron chi connectivity index (χ1n) is 5.48. The van der Waals surface area contributed by atoms with Crippen molar-refractivity contribution in [3.05, 3.63) is 30.1 Å². The van der Waals surface area contributed by atoms with Crippen molar-refractivity contribution in [2.45, 2.75) is 20.8 Å². The van der Waals surface area contributed by atoms with E-state index < -0.39 is 5.97 Å². The van der Waals surface area contributed by atoms with Crippen LogP contribution < -0.4 is 4.84 Å². The Kier molecular flexibility index (Phi) is 5.05. The molecule has 0 saturated carbocycles. The lowest BCUT2D eigenvalue weighted by Crippen LogP contribution is -2.06. The van der Waals surface area contributed by atoms with E-state index in [1.54, 1.807) is 31.3 Å². The summed E-state index contributed by atoms with van der Waals surface area (Å²) >= 11 is 0. The second kappa shape index (κ2) is 6.54. The predicted octanol–water partition coefficient (Wildman–Crippen LogP) is 2.43. The maximum absolute atomic E-state index is 11.6. The van der Waals surface area contributed by atoms with E-state index in [0.29, 0.717) is 17.0 Å². The first-order valence-corrected chi connectivity index (χ1v) is 5.48. The van der Waals surface area contributed by atoms with Gasteiger partial charge in [0.25, 0.3) is 0 Å². The zero-order valence-corrected chi connectivity index (χ0v) is 10.9. The number of hydrogen-bond acceptors (Lipinski definition) is 5. The summed E-state index contributed by atoms with van der Waals surface area (Å²) in [5.74, 6) is -0.0459. The van der Waals surface area contributed by atoms with Crippen LogP contribution in [0.25, 0.3) is 5.57 Å². The summed E-state index contributed by atoms with van der Waals surface area (Å²) in [5.41, 5.74) is 1.53. The normalized spacial score (nSPS) is 10.8. The number of nitrogens with zero attached hydrogens (tertiary/aromatic N) is 2. The molecule has 0 aromatic carbocycles. The number of ether oxygens (including phenoxy) is 1. The average molecular weight is 248 g/mol. The second-order valence-electron chi connectivity index (χ2n) is 3.67. The topological polar surface area (TPSA) is 60.8 Å². The van der Waals surface area contributed by atoms with Gasteiger partial charge in [-0.3, -0.25) is 4.98 Å². The molecular weight excluding hydrogens is 232 g/mol. The van der Waals surface area contributed by atoms with E-state index in [1.165, 1.54) is 7.11 Å². The van der Waals surface area contributed by atoms with E-state index in [2.05, 4.69) is 10.1 Å². The molecule has 5 heteroatoms. The molecule has 0 aliphatic heterocycles. The highest BCUT2D eigenvalue weighted by molar-refractivity contribution is 6.16. The minimum absolute atomic E-state index is 0.344. The van der Waals surface area contributed by atoms with Crippen LogP contribution in [-0.2, 0) is 9.53 Å². The minimum atomic E-state index is -0.460. The molecule has 96 valence electrons. The van der Waals surface area contributed by atoms with E-state index in [-0.39, 0.29) is 0 Å². The second-order valence-corrected chi connectivity index (χ2v) is 3.67. The first kappa shape index (κ1) is 13.9. The largest absolute Gasteiger partial charge is 0.465 e. The molecule has 1 rings (SSSR count). The van der Waals surface area contributed by atoms with Gasteiger partial charge in [-0.05, 0) is 32.9 Å². The zero-order chi connectivity index (χ0) is 13.5. The van der Waals surface area contributed by atoms with Crippen molar-refractivity contribution in [3.8, 4) is 5.75 Å². The molecule has 0 amide bonds. The Balaban J connectivity index is 3.15. The van der Waals surface area contributed by atoms with Crippen LogP contribution in [0, 0.1) is 0 Å². The van der Waals surface area contributed by atoms with Gasteiger partial charge in [0.05, 0.1) is 18.4 Å². The fourth-order valence-corrected chi connectivity index (χ4v) is 1.27. The van der Waals surface area contributed by atoms with Gasteiger partial charge in [0.2, 0.25) is 0 Å². The maximum atomic E-state index is 11.6. The first-order chi connectivity index (χ1) is 8.60. The number of esters is 1. The Morgan fingerprint density at radius 3 is 2.72 bits per heavy atom. The minimum Gasteiger partial charge on any atom is -0.465 e. The monoisotopic (exact) mass is 248 g/mol. The van der Waals surface area contributed by atoms with Gasteiger partial charge >= 0.3 is 5.97 Å². The molecule has 0 spiro atoms. The summed E-state index contributed by atoms with van der Waals surface area (Å²) < 4.78 is 4.70. The molecule has 1 aromatic heterocycles. The Hall–Kier alpha value is -2.17. The van der Waals surface area contributed by atoms with E-state index in [1.807, 2.05) is 13.8 Å². The summed E-state index contributed by atoms with van der Waals surface area (Å²) in [4.78, 5) is 21.0. The van der Waals surface area contributed by atoms with Crippen LogP contribution in [0.1, 0.15) is 26.5 Å². The Morgan fingerprint density at radius 1 is 1.44 bits per heavy atom. The molecule has 0 saturated heterocycles. The quantitative estimate of drug-likeness (QED) is 0.355. The number of rotatable bonds is 4. The molecule has 0 aliphatic rings. The molecule has 18 heavy (non-hydrogen) atoms. The van der Waals surface area contributed by atoms with Gasteiger partial charge in [0.15, 0.2) is 5.75 Å². The fourth-order valence-electron chi connectivity index (χ4n) is 1.27. The van der Waals surface area contributed by atoms with Crippen LogP contribution in [0.3, 0.4) is 0 Å². The van der Waals surface area contributed by atoms with Gasteiger partial charge in [-0.15, -0.1) is 0 Å². The standard InChI is InChI=1S/C13H16N2O3/c1-5-10(13(16)17-4)12-11(7-6-8-14-12)18-15-9(2)3/h5-8H,1-4H3/b10-5+. The lowest BCUT2D eigenvalue weighted by atomic mass is 10.1. The van der Waals surface area contributed by atoms with Gasteiger partial charge in [0, 0.05) is 6.20 Å². The number of hydrogen-bond donors (Lipinski definition) is 0. The Bertz CT molecular complexity index is 489. The number of aromatic nitrogens is 1. The van der Waals surface area contributed by atoms with Crippen LogP contribution >= 0.6 is 0 Å². The SMILES string of the molecule is C/C=C(/C(=O)OC)c1ncccc1ON=C(C)C. The molecule has 5 nitrogen and oxygen atoms in total. The van der Waals surface area contributed by atoms with Gasteiger partial charge < -0.3 is 9.57 Å². The summed E-state index contributed by atoms with van der Waals surface area (Å²) in [6.45, 7) is 5.36. The van der Waals surface area contributed by atoms with Crippen molar-refractivity contribution >= 4 is 17.3 Å². The fraction of sp³-hybridized carbons (Fsp3) is 0.308. The smallest absolute Gasteiger partial charge is 0.339 e. The molecule has 0 N–H and O–H groups in total. The summed E-state index contributed by atoms with van der Waals surface area (Å²) in [7, 11) is 1.32. The molecular formula is C13H16N2O3. The van der Waals surface area contributed by atoms with Gasteiger partial charge in [0.1, 0.15) is 5.69 Å². The van der Waals surface area contributed by atoms with E-state index >= 15 is 0 Å². The van der Waals surface area contributed by atoms with Crippen LogP contribution in [0.2, 0.25) is 0 Å². The molecule has 0 atom stereocenters. The third-order valence-electron chi connectivity index (χ3n) is 2.05. The maximum Gasteiger partial charge on any atom is 0.339 e. The van der Waals surface area contributed by atoms with Crippen LogP contribution in [0.5, 0.6) is 5.75 Å². The highest BCUT2D eigenvalue weighted by Crippen LogP contribution is 2.24. The highest BCUT2D eigenvalue weighted by atomic mass is 16.6. The van der Waals surface area contributed by atoms with Crippen molar-refractivity contribution in [3.63, 3.8) is 0 Å². The van der Waals surface area contributed by atoms with Crippen molar-refractivity contribution < 1.29 is 14.4 Å². The zero-order valence-electron chi connectivity index (χ0n) is 10.9. The third kappa shape index (κ3) is 3.41. The number of carbonyl (C=O) groups is 1. The van der Waals surface area contributed by atoms with Crippen LogP contribution in [0.15, 0.2) is 29.6 Å². The van der Waals surface area contributed by atoms with Gasteiger partial charge in [-0.1, -0.05) is 11.2 Å². The van der Waals surface area contributed by atoms with Crippen molar-refractivity contribution in [2.75, 3.05) is 7.11 Å². The molecule has 0 aliphatic carbocycles. The molecule has 1 heterocycles. The number of carbonyl (C=O) groups excluding carboxylic acids is 1. The van der Waals surface area contributed by atoms with Gasteiger partial charge in [-0.2, -0.15) is 0 Å². The van der Waals surface area contributed by atoms with Crippen LogP contribution in [-0.4, -0.2) is 23.8 Å². The highest BCUT2D eigenvalue weighted by Gasteiger charge is 2.17. The molecule has 1 aromatic rings. The summed E-state index contributed by atoms with van der Waals surface area (Å²) in [6.07, 6.45) is 3.21. The number of allylic oxidation sites excluding steroid dienone is 1. The molecule has 0 unspecified atom stereocenters. The van der Waals surface area contributed by atoms with Crippen LogP contribution in [0.4, 0.5) is 0 Å². The Morgan fingerprint density at radius 2 is 2.17 bits per heavy atom. The predicted molar refractivity (Wildman–Crippen MR) is 69.3 cm³/mol. The Labute approximate surface area is 106 Å². The average Bonchev–Trinajstić information content (AvgIpc) is 2.38. The number of oxime groups is 1. The number of methoxy groups -OCH3 is 1.